The summed E-state index contributed by atoms with van der Waals surface area (Å²) in [5, 5.41) is 3.26. The minimum atomic E-state index is 0.488. The molecule has 0 atom stereocenters. The van der Waals surface area contributed by atoms with Gasteiger partial charge in [0.2, 0.25) is 5.95 Å². The molecule has 6 heteroatoms. The van der Waals surface area contributed by atoms with Gasteiger partial charge in [-0.05, 0) is 35.7 Å². The molecule has 1 aliphatic heterocycles. The highest BCUT2D eigenvalue weighted by atomic mass is 79.9. The Labute approximate surface area is 116 Å². The van der Waals surface area contributed by atoms with Crippen LogP contribution in [0.3, 0.4) is 0 Å². The molecule has 0 radical (unpaired) electrons. The number of hydrogen-bond acceptors (Lipinski definition) is 5. The van der Waals surface area contributed by atoms with Gasteiger partial charge in [0, 0.05) is 26.7 Å². The summed E-state index contributed by atoms with van der Waals surface area (Å²) in [6, 6.07) is 0. The molecule has 1 aliphatic rings. The van der Waals surface area contributed by atoms with Crippen LogP contribution in [-0.4, -0.2) is 36.7 Å². The molecule has 2 rings (SSSR count). The summed E-state index contributed by atoms with van der Waals surface area (Å²) in [6.07, 6.45) is 2.44. The van der Waals surface area contributed by atoms with E-state index in [1.807, 2.05) is 0 Å². The topological polar surface area (TPSA) is 50.3 Å². The first-order chi connectivity index (χ1) is 8.76. The van der Waals surface area contributed by atoms with E-state index in [-0.39, 0.29) is 0 Å². The molecule has 2 heterocycles. The molecule has 18 heavy (non-hydrogen) atoms. The van der Waals surface area contributed by atoms with Crippen molar-refractivity contribution in [3.63, 3.8) is 0 Å². The van der Waals surface area contributed by atoms with Crippen molar-refractivity contribution in [1.29, 1.82) is 0 Å². The van der Waals surface area contributed by atoms with Crippen molar-refractivity contribution in [2.45, 2.75) is 26.4 Å². The van der Waals surface area contributed by atoms with Crippen LogP contribution in [0.15, 0.2) is 4.47 Å². The molecule has 1 aromatic heterocycles. The third-order valence-corrected chi connectivity index (χ3v) is 3.76. The maximum absolute atomic E-state index is 5.19. The van der Waals surface area contributed by atoms with Crippen molar-refractivity contribution in [2.75, 3.05) is 37.0 Å². The number of methoxy groups -OCH3 is 1. The molecule has 1 fully saturated rings. The number of anilines is 2. The average molecular weight is 315 g/mol. The average Bonchev–Trinajstić information content (AvgIpc) is 2.88. The molecule has 1 N–H and O–H groups in total. The lowest BCUT2D eigenvalue weighted by Crippen LogP contribution is -2.22. The first kappa shape index (κ1) is 13.5. The second kappa shape index (κ2) is 6.33. The minimum absolute atomic E-state index is 0.488. The van der Waals surface area contributed by atoms with Crippen molar-refractivity contribution < 1.29 is 4.74 Å². The molecular weight excluding hydrogens is 296 g/mol. The maximum Gasteiger partial charge on any atom is 0.227 e. The van der Waals surface area contributed by atoms with E-state index < -0.39 is 0 Å². The Kier molecular flexibility index (Phi) is 4.77. The predicted molar refractivity (Wildman–Crippen MR) is 76.1 cm³/mol. The maximum atomic E-state index is 5.19. The van der Waals surface area contributed by atoms with Crippen LogP contribution in [0.5, 0.6) is 0 Å². The summed E-state index contributed by atoms with van der Waals surface area (Å²) >= 11 is 3.54. The van der Waals surface area contributed by atoms with Gasteiger partial charge in [-0.25, -0.2) is 4.98 Å². The molecule has 0 aromatic carbocycles. The summed E-state index contributed by atoms with van der Waals surface area (Å²) in [5.41, 5.74) is 0.894. The fourth-order valence-electron chi connectivity index (χ4n) is 2.06. The van der Waals surface area contributed by atoms with Gasteiger partial charge in [0.1, 0.15) is 5.82 Å². The molecular formula is C12H19BrN4O. The number of nitrogens with one attached hydrogen (secondary N) is 1. The van der Waals surface area contributed by atoms with Gasteiger partial charge in [0.15, 0.2) is 0 Å². The Morgan fingerprint density at radius 1 is 1.33 bits per heavy atom. The minimum Gasteiger partial charge on any atom is -0.378 e. The molecule has 0 amide bonds. The number of ether oxygens (including phenoxy) is 1. The zero-order valence-corrected chi connectivity index (χ0v) is 12.5. The van der Waals surface area contributed by atoms with Crippen molar-refractivity contribution in [3.05, 3.63) is 10.2 Å². The summed E-state index contributed by atoms with van der Waals surface area (Å²) in [5.74, 6) is 1.65. The summed E-state index contributed by atoms with van der Waals surface area (Å²) < 4.78 is 6.09. The smallest absolute Gasteiger partial charge is 0.227 e. The Bertz CT molecular complexity index is 380. The van der Waals surface area contributed by atoms with Crippen LogP contribution in [0.1, 0.15) is 25.5 Å². The first-order valence-electron chi connectivity index (χ1n) is 6.30. The lowest BCUT2D eigenvalue weighted by Gasteiger charge is -2.18. The highest BCUT2D eigenvalue weighted by Gasteiger charge is 2.19. The Morgan fingerprint density at radius 3 is 2.67 bits per heavy atom. The van der Waals surface area contributed by atoms with Gasteiger partial charge in [-0.2, -0.15) is 4.98 Å². The third-order valence-electron chi connectivity index (χ3n) is 2.92. The van der Waals surface area contributed by atoms with Crippen LogP contribution in [-0.2, 0) is 11.3 Å². The molecule has 5 nitrogen and oxygen atoms in total. The molecule has 1 aromatic rings. The molecule has 0 aliphatic carbocycles. The number of halogens is 1. The van der Waals surface area contributed by atoms with Crippen molar-refractivity contribution >= 4 is 27.7 Å². The van der Waals surface area contributed by atoms with E-state index in [1.165, 1.54) is 12.8 Å². The Balaban J connectivity index is 2.33. The monoisotopic (exact) mass is 314 g/mol. The highest BCUT2D eigenvalue weighted by molar-refractivity contribution is 9.10. The molecule has 100 valence electrons. The van der Waals surface area contributed by atoms with Gasteiger partial charge in [-0.15, -0.1) is 0 Å². The Hall–Kier alpha value is -0.880. The van der Waals surface area contributed by atoms with Gasteiger partial charge in [0.25, 0.3) is 0 Å². The zero-order valence-electron chi connectivity index (χ0n) is 10.9. The number of nitrogens with zero attached hydrogens (tertiary/aromatic N) is 3. The van der Waals surface area contributed by atoms with Gasteiger partial charge in [-0.3, -0.25) is 0 Å². The Morgan fingerprint density at radius 2 is 2.06 bits per heavy atom. The van der Waals surface area contributed by atoms with E-state index in [0.717, 1.165) is 41.6 Å². The van der Waals surface area contributed by atoms with Crippen LogP contribution < -0.4 is 10.2 Å². The molecule has 0 saturated carbocycles. The number of rotatable bonds is 5. The van der Waals surface area contributed by atoms with E-state index >= 15 is 0 Å². The van der Waals surface area contributed by atoms with Crippen LogP contribution in [0, 0.1) is 0 Å². The van der Waals surface area contributed by atoms with Crippen molar-refractivity contribution in [3.8, 4) is 0 Å². The van der Waals surface area contributed by atoms with E-state index in [9.17, 15) is 0 Å². The first-order valence-corrected chi connectivity index (χ1v) is 7.09. The number of hydrogen-bond donors (Lipinski definition) is 1. The van der Waals surface area contributed by atoms with Crippen LogP contribution in [0.25, 0.3) is 0 Å². The van der Waals surface area contributed by atoms with Gasteiger partial charge in [0.05, 0.1) is 16.8 Å². The van der Waals surface area contributed by atoms with E-state index in [1.54, 1.807) is 7.11 Å². The van der Waals surface area contributed by atoms with Gasteiger partial charge < -0.3 is 15.0 Å². The lowest BCUT2D eigenvalue weighted by molar-refractivity contribution is 0.181. The summed E-state index contributed by atoms with van der Waals surface area (Å²) in [6.45, 7) is 5.46. The van der Waals surface area contributed by atoms with Crippen LogP contribution >= 0.6 is 15.9 Å². The quantitative estimate of drug-likeness (QED) is 0.904. The molecule has 0 spiro atoms. The van der Waals surface area contributed by atoms with Gasteiger partial charge >= 0.3 is 0 Å². The predicted octanol–water partition coefficient (Wildman–Crippen LogP) is 2.42. The fourth-order valence-corrected chi connectivity index (χ4v) is 2.49. The van der Waals surface area contributed by atoms with Crippen LogP contribution in [0.4, 0.5) is 11.8 Å². The second-order valence-electron chi connectivity index (χ2n) is 4.29. The van der Waals surface area contributed by atoms with Gasteiger partial charge in [-0.1, -0.05) is 0 Å². The molecule has 1 saturated heterocycles. The second-order valence-corrected chi connectivity index (χ2v) is 5.08. The molecule has 0 unspecified atom stereocenters. The van der Waals surface area contributed by atoms with E-state index in [2.05, 4.69) is 43.0 Å². The third kappa shape index (κ3) is 2.92. The van der Waals surface area contributed by atoms with Crippen LogP contribution in [0.2, 0.25) is 0 Å². The summed E-state index contributed by atoms with van der Waals surface area (Å²) in [4.78, 5) is 11.4. The SMILES string of the molecule is CCNc1nc(N2CCCC2)nc(COC)c1Br. The van der Waals surface area contributed by atoms with Crippen molar-refractivity contribution in [2.24, 2.45) is 0 Å². The lowest BCUT2D eigenvalue weighted by atomic mass is 10.4. The molecule has 0 bridgehead atoms. The van der Waals surface area contributed by atoms with E-state index in [0.29, 0.717) is 6.61 Å². The highest BCUT2D eigenvalue weighted by Crippen LogP contribution is 2.28. The standard InChI is InChI=1S/C12H19BrN4O/c1-3-14-11-10(13)9(8-18-2)15-12(16-11)17-6-4-5-7-17/h3-8H2,1-2H3,(H,14,15,16). The largest absolute Gasteiger partial charge is 0.378 e. The number of aromatic nitrogens is 2. The zero-order chi connectivity index (χ0) is 13.0. The normalized spacial score (nSPS) is 15.2. The van der Waals surface area contributed by atoms with Crippen molar-refractivity contribution in [1.82, 2.24) is 9.97 Å². The fraction of sp³-hybridized carbons (Fsp3) is 0.667. The summed E-state index contributed by atoms with van der Waals surface area (Å²) in [7, 11) is 1.68. The van der Waals surface area contributed by atoms with E-state index in [4.69, 9.17) is 4.74 Å².